The zero-order chi connectivity index (χ0) is 30.9. The molecular weight excluding hydrogens is 556 g/mol. The normalized spacial score (nSPS) is 23.7. The molecule has 226 valence electrons. The quantitative estimate of drug-likeness (QED) is 0.194. The lowest BCUT2D eigenvalue weighted by molar-refractivity contribution is -0.278. The first-order valence-electron chi connectivity index (χ1n) is 13.0. The number of carbonyl (C=O) groups excluding carboxylic acids is 1. The fourth-order valence-corrected chi connectivity index (χ4v) is 4.78. The van der Waals surface area contributed by atoms with Crippen LogP contribution in [0.15, 0.2) is 45.6 Å². The van der Waals surface area contributed by atoms with Crippen LogP contribution >= 0.6 is 0 Å². The first-order chi connectivity index (χ1) is 19.7. The molecule has 4 rings (SSSR count). The predicted octanol–water partition coefficient (Wildman–Crippen LogP) is 1.13. The van der Waals surface area contributed by atoms with E-state index in [2.05, 4.69) is 0 Å². The summed E-state index contributed by atoms with van der Waals surface area (Å²) in [4.78, 5) is 36.0. The highest BCUT2D eigenvalue weighted by molar-refractivity contribution is 5.90. The molecule has 2 aromatic carbocycles. The number of hydrogen-bond donors (Lipinski definition) is 6. The summed E-state index contributed by atoms with van der Waals surface area (Å²) in [6, 6.07) is 10.1. The number of aryl methyl sites for hydroxylation is 1. The maximum Gasteiger partial charge on any atom is 0.308 e. The molecule has 1 aliphatic rings. The number of carboxylic acids is 1. The fourth-order valence-electron chi connectivity index (χ4n) is 4.78. The van der Waals surface area contributed by atoms with Gasteiger partial charge in [-0.1, -0.05) is 30.3 Å². The van der Waals surface area contributed by atoms with Crippen molar-refractivity contribution in [3.05, 3.63) is 57.7 Å². The summed E-state index contributed by atoms with van der Waals surface area (Å²) >= 11 is 0. The second-order valence-corrected chi connectivity index (χ2v) is 10.5. The average Bonchev–Trinajstić information content (AvgIpc) is 2.92. The van der Waals surface area contributed by atoms with Gasteiger partial charge in [0.25, 0.3) is 0 Å². The number of benzene rings is 2. The lowest BCUT2D eigenvalue weighted by atomic mass is 9.98. The first-order valence-corrected chi connectivity index (χ1v) is 13.0. The van der Waals surface area contributed by atoms with Crippen LogP contribution in [0.2, 0.25) is 0 Å². The van der Waals surface area contributed by atoms with Gasteiger partial charge in [-0.3, -0.25) is 14.4 Å². The van der Waals surface area contributed by atoms with Crippen LogP contribution in [0.5, 0.6) is 11.5 Å². The number of aromatic hydroxyl groups is 1. The Hall–Kier alpha value is -4.01. The SMILES string of the molecule is Cc1c(O[C@@H]2O[C@H](COC(=O)C[C@@](C)(O)CC(=O)O)[C@@H](O)[C@H](O)[C@H]2O)c(C)c2oc(-c3ccccc3)cc(=O)c2c1O. The van der Waals surface area contributed by atoms with Gasteiger partial charge in [-0.25, -0.2) is 0 Å². The number of ether oxygens (including phenoxy) is 3. The average molecular weight is 589 g/mol. The molecule has 0 bridgehead atoms. The number of phenolic OH excluding ortho intramolecular Hbond substituents is 1. The molecule has 0 spiro atoms. The van der Waals surface area contributed by atoms with E-state index in [4.69, 9.17) is 23.7 Å². The maximum atomic E-state index is 13.0. The Morgan fingerprint density at radius 2 is 1.67 bits per heavy atom. The summed E-state index contributed by atoms with van der Waals surface area (Å²) in [6.07, 6.45) is -9.73. The van der Waals surface area contributed by atoms with Gasteiger partial charge in [-0.15, -0.1) is 0 Å². The molecular formula is C29H32O13. The Kier molecular flexibility index (Phi) is 8.89. The van der Waals surface area contributed by atoms with Crippen molar-refractivity contribution in [1.82, 2.24) is 0 Å². The highest BCUT2D eigenvalue weighted by Crippen LogP contribution is 2.40. The summed E-state index contributed by atoms with van der Waals surface area (Å²) in [6.45, 7) is 3.53. The molecule has 0 aliphatic carbocycles. The van der Waals surface area contributed by atoms with Gasteiger partial charge < -0.3 is 49.3 Å². The molecule has 2 heterocycles. The highest BCUT2D eigenvalue weighted by Gasteiger charge is 2.46. The van der Waals surface area contributed by atoms with Crippen LogP contribution in [0, 0.1) is 13.8 Å². The molecule has 0 saturated carbocycles. The lowest BCUT2D eigenvalue weighted by Gasteiger charge is -2.40. The van der Waals surface area contributed by atoms with Crippen LogP contribution in [0.1, 0.15) is 30.9 Å². The maximum absolute atomic E-state index is 13.0. The van der Waals surface area contributed by atoms with Gasteiger partial charge in [-0.2, -0.15) is 0 Å². The molecule has 1 aliphatic heterocycles. The second kappa shape index (κ2) is 12.1. The number of aliphatic hydroxyl groups excluding tert-OH is 3. The zero-order valence-electron chi connectivity index (χ0n) is 23.0. The topological polar surface area (TPSA) is 213 Å². The number of esters is 1. The summed E-state index contributed by atoms with van der Waals surface area (Å²) in [7, 11) is 0. The van der Waals surface area contributed by atoms with E-state index in [9.17, 15) is 39.9 Å². The van der Waals surface area contributed by atoms with E-state index in [1.54, 1.807) is 37.3 Å². The second-order valence-electron chi connectivity index (χ2n) is 10.5. The number of phenols is 1. The van der Waals surface area contributed by atoms with Crippen molar-refractivity contribution >= 4 is 22.9 Å². The van der Waals surface area contributed by atoms with Crippen LogP contribution in [0.3, 0.4) is 0 Å². The van der Waals surface area contributed by atoms with Gasteiger partial charge in [0, 0.05) is 22.8 Å². The largest absolute Gasteiger partial charge is 0.507 e. The van der Waals surface area contributed by atoms with E-state index >= 15 is 0 Å². The van der Waals surface area contributed by atoms with Crippen molar-refractivity contribution in [2.45, 2.75) is 69.9 Å². The molecule has 0 radical (unpaired) electrons. The molecule has 3 aromatic rings. The third-order valence-corrected chi connectivity index (χ3v) is 6.99. The minimum Gasteiger partial charge on any atom is -0.507 e. The fraction of sp³-hybridized carbons (Fsp3) is 0.414. The number of aliphatic hydroxyl groups is 4. The standard InChI is InChI=1S/C29H32O13/c1-13-22(34)21-16(30)9-17(15-7-5-4-6-8-15)40-27(21)14(2)26(13)42-28-25(37)24(36)23(35)18(41-28)12-39-20(33)11-29(3,38)10-19(31)32/h4-9,18,23-25,28,34-38H,10-12H2,1-3H3,(H,31,32)/t18-,23-,24+,25-,28+,29+/m1/s1. The predicted molar refractivity (Wildman–Crippen MR) is 145 cm³/mol. The van der Waals surface area contributed by atoms with Crippen LogP contribution in [0.25, 0.3) is 22.3 Å². The van der Waals surface area contributed by atoms with E-state index in [0.29, 0.717) is 5.56 Å². The van der Waals surface area contributed by atoms with Gasteiger partial charge in [-0.05, 0) is 20.8 Å². The van der Waals surface area contributed by atoms with E-state index in [1.165, 1.54) is 13.0 Å². The Morgan fingerprint density at radius 3 is 2.31 bits per heavy atom. The van der Waals surface area contributed by atoms with E-state index in [1.807, 2.05) is 0 Å². The molecule has 1 saturated heterocycles. The van der Waals surface area contributed by atoms with Gasteiger partial charge in [0.05, 0.1) is 18.4 Å². The van der Waals surface area contributed by atoms with Crippen LogP contribution in [-0.2, 0) is 19.1 Å². The monoisotopic (exact) mass is 588 g/mol. The summed E-state index contributed by atoms with van der Waals surface area (Å²) in [5.74, 6) is -2.53. The molecule has 13 heteroatoms. The van der Waals surface area contributed by atoms with Crippen molar-refractivity contribution in [2.24, 2.45) is 0 Å². The van der Waals surface area contributed by atoms with E-state index < -0.39 is 78.9 Å². The molecule has 0 amide bonds. The van der Waals surface area contributed by atoms with E-state index in [0.717, 1.165) is 6.92 Å². The van der Waals surface area contributed by atoms with Crippen molar-refractivity contribution in [3.8, 4) is 22.8 Å². The van der Waals surface area contributed by atoms with Crippen molar-refractivity contribution < 1.29 is 58.9 Å². The van der Waals surface area contributed by atoms with Gasteiger partial charge >= 0.3 is 11.9 Å². The minimum absolute atomic E-state index is 0.0178. The van der Waals surface area contributed by atoms with Crippen molar-refractivity contribution in [1.29, 1.82) is 0 Å². The first kappa shape index (κ1) is 30.9. The number of rotatable bonds is 9. The molecule has 1 fully saturated rings. The van der Waals surface area contributed by atoms with Gasteiger partial charge in [0.2, 0.25) is 6.29 Å². The smallest absolute Gasteiger partial charge is 0.308 e. The Labute approximate surface area is 239 Å². The molecule has 42 heavy (non-hydrogen) atoms. The molecule has 0 unspecified atom stereocenters. The van der Waals surface area contributed by atoms with Gasteiger partial charge in [0.15, 0.2) is 5.43 Å². The molecule has 6 atom stereocenters. The number of carbonyl (C=O) groups is 2. The summed E-state index contributed by atoms with van der Waals surface area (Å²) < 4.78 is 22.5. The van der Waals surface area contributed by atoms with Crippen molar-refractivity contribution in [3.63, 3.8) is 0 Å². The van der Waals surface area contributed by atoms with E-state index in [-0.39, 0.29) is 33.6 Å². The number of carboxylic acid groups (broad SMARTS) is 1. The van der Waals surface area contributed by atoms with Crippen LogP contribution < -0.4 is 10.2 Å². The van der Waals surface area contributed by atoms with Crippen LogP contribution in [-0.4, -0.2) is 85.5 Å². The number of fused-ring (bicyclic) bond motifs is 1. The Balaban J connectivity index is 1.60. The van der Waals surface area contributed by atoms with Gasteiger partial charge in [0.1, 0.15) is 59.3 Å². The van der Waals surface area contributed by atoms with Crippen molar-refractivity contribution in [2.75, 3.05) is 6.61 Å². The third-order valence-electron chi connectivity index (χ3n) is 6.99. The summed E-state index contributed by atoms with van der Waals surface area (Å²) in [5.41, 5.74) is -1.37. The lowest BCUT2D eigenvalue weighted by Crippen LogP contribution is -2.60. The minimum atomic E-state index is -1.89. The summed E-state index contributed by atoms with van der Waals surface area (Å²) in [5, 5.41) is 61.2. The Bertz CT molecular complexity index is 1530. The molecule has 13 nitrogen and oxygen atoms in total. The Morgan fingerprint density at radius 1 is 1.00 bits per heavy atom. The zero-order valence-corrected chi connectivity index (χ0v) is 23.0. The third kappa shape index (κ3) is 6.40. The molecule has 6 N–H and O–H groups in total. The molecule has 1 aromatic heterocycles. The number of hydrogen-bond acceptors (Lipinski definition) is 12. The number of aliphatic carboxylic acids is 1. The van der Waals surface area contributed by atoms with Crippen LogP contribution in [0.4, 0.5) is 0 Å². The highest BCUT2D eigenvalue weighted by atomic mass is 16.7.